The number of aromatic hydroxyl groups is 1. The van der Waals surface area contributed by atoms with E-state index in [2.05, 4.69) is 5.32 Å². The average Bonchev–Trinajstić information content (AvgIpc) is 2.51. The molecule has 3 N–H and O–H groups in total. The Labute approximate surface area is 125 Å². The van der Waals surface area contributed by atoms with Gasteiger partial charge in [0.25, 0.3) is 5.91 Å². The number of benzene rings is 1. The highest BCUT2D eigenvalue weighted by atomic mass is 19.2. The van der Waals surface area contributed by atoms with Crippen LogP contribution in [-0.4, -0.2) is 46.7 Å². The minimum absolute atomic E-state index is 0.0876. The van der Waals surface area contributed by atoms with Crippen LogP contribution in [0.4, 0.5) is 13.6 Å². The summed E-state index contributed by atoms with van der Waals surface area (Å²) in [6.45, 7) is 1.03. The van der Waals surface area contributed by atoms with Crippen LogP contribution in [0.2, 0.25) is 0 Å². The van der Waals surface area contributed by atoms with Crippen molar-refractivity contribution >= 4 is 12.0 Å². The lowest BCUT2D eigenvalue weighted by molar-refractivity contribution is 0.0923. The number of carbonyl (C=O) groups excluding carboxylic acids is 1. The zero-order valence-corrected chi connectivity index (χ0v) is 11.7. The second kappa shape index (κ2) is 6.59. The van der Waals surface area contributed by atoms with Crippen LogP contribution >= 0.6 is 0 Å². The van der Waals surface area contributed by atoms with Crippen molar-refractivity contribution in [3.63, 3.8) is 0 Å². The van der Waals surface area contributed by atoms with Gasteiger partial charge in [0.1, 0.15) is 0 Å². The number of rotatable bonds is 3. The summed E-state index contributed by atoms with van der Waals surface area (Å²) >= 11 is 0. The number of piperidine rings is 1. The van der Waals surface area contributed by atoms with Gasteiger partial charge in [-0.25, -0.2) is 9.18 Å². The van der Waals surface area contributed by atoms with Gasteiger partial charge in [-0.1, -0.05) is 0 Å². The SMILES string of the molecule is O=C(NCC1CCN(C(=O)O)CC1)c1ccc(O)c(F)c1F. The normalized spacial score (nSPS) is 15.6. The predicted molar refractivity (Wildman–Crippen MR) is 72.7 cm³/mol. The van der Waals surface area contributed by atoms with E-state index < -0.39 is 34.9 Å². The van der Waals surface area contributed by atoms with Crippen molar-refractivity contribution in [2.45, 2.75) is 12.8 Å². The van der Waals surface area contributed by atoms with Crippen molar-refractivity contribution in [1.82, 2.24) is 10.2 Å². The van der Waals surface area contributed by atoms with E-state index in [9.17, 15) is 18.4 Å². The fourth-order valence-electron chi connectivity index (χ4n) is 2.38. The smallest absolute Gasteiger partial charge is 0.407 e. The number of hydrogen-bond donors (Lipinski definition) is 3. The lowest BCUT2D eigenvalue weighted by Gasteiger charge is -2.29. The third-order valence-electron chi connectivity index (χ3n) is 3.74. The fraction of sp³-hybridized carbons (Fsp3) is 0.429. The molecule has 1 aromatic carbocycles. The van der Waals surface area contributed by atoms with E-state index in [1.807, 2.05) is 0 Å². The van der Waals surface area contributed by atoms with E-state index in [4.69, 9.17) is 10.2 Å². The van der Waals surface area contributed by atoms with Gasteiger partial charge < -0.3 is 20.4 Å². The standard InChI is InChI=1S/C14H16F2N2O4/c15-11-9(1-2-10(19)12(11)16)13(20)17-7-8-3-5-18(6-4-8)14(21)22/h1-2,8,19H,3-7H2,(H,17,20)(H,21,22). The van der Waals surface area contributed by atoms with Gasteiger partial charge >= 0.3 is 6.09 Å². The maximum Gasteiger partial charge on any atom is 0.407 e. The van der Waals surface area contributed by atoms with Gasteiger partial charge in [-0.15, -0.1) is 0 Å². The molecule has 1 saturated heterocycles. The van der Waals surface area contributed by atoms with Crippen LogP contribution in [-0.2, 0) is 0 Å². The summed E-state index contributed by atoms with van der Waals surface area (Å²) in [6, 6.07) is 1.93. The quantitative estimate of drug-likeness (QED) is 0.793. The lowest BCUT2D eigenvalue weighted by atomic mass is 9.97. The highest BCUT2D eigenvalue weighted by Gasteiger charge is 2.24. The van der Waals surface area contributed by atoms with Crippen molar-refractivity contribution < 1.29 is 28.6 Å². The highest BCUT2D eigenvalue weighted by molar-refractivity contribution is 5.94. The van der Waals surface area contributed by atoms with Gasteiger partial charge in [0.05, 0.1) is 5.56 Å². The molecule has 22 heavy (non-hydrogen) atoms. The van der Waals surface area contributed by atoms with Gasteiger partial charge in [0.15, 0.2) is 11.6 Å². The third kappa shape index (κ3) is 3.44. The summed E-state index contributed by atoms with van der Waals surface area (Å²) in [5.41, 5.74) is -0.474. The van der Waals surface area contributed by atoms with E-state index in [-0.39, 0.29) is 12.5 Å². The molecule has 2 amide bonds. The number of phenols is 1. The molecular formula is C14H16F2N2O4. The number of amides is 2. The Morgan fingerprint density at radius 1 is 1.23 bits per heavy atom. The number of carbonyl (C=O) groups is 2. The molecule has 0 saturated carbocycles. The molecular weight excluding hydrogens is 298 g/mol. The van der Waals surface area contributed by atoms with Crippen LogP contribution in [0.5, 0.6) is 5.75 Å². The molecule has 0 bridgehead atoms. The van der Waals surface area contributed by atoms with Crippen molar-refractivity contribution in [2.75, 3.05) is 19.6 Å². The molecule has 1 aliphatic heterocycles. The first-order valence-corrected chi connectivity index (χ1v) is 6.83. The number of phenolic OH excluding ortho intramolecular Hbond substituents is 1. The third-order valence-corrected chi connectivity index (χ3v) is 3.74. The lowest BCUT2D eigenvalue weighted by Crippen LogP contribution is -2.41. The van der Waals surface area contributed by atoms with Crippen LogP contribution in [0.15, 0.2) is 12.1 Å². The topological polar surface area (TPSA) is 89.9 Å². The highest BCUT2D eigenvalue weighted by Crippen LogP contribution is 2.21. The average molecular weight is 314 g/mol. The molecule has 0 spiro atoms. The number of halogens is 2. The van der Waals surface area contributed by atoms with Gasteiger partial charge in [-0.2, -0.15) is 4.39 Å². The molecule has 0 aliphatic carbocycles. The number of carboxylic acid groups (broad SMARTS) is 1. The molecule has 0 atom stereocenters. The van der Waals surface area contributed by atoms with Gasteiger partial charge in [-0.3, -0.25) is 4.79 Å². The maximum absolute atomic E-state index is 13.6. The Morgan fingerprint density at radius 3 is 2.45 bits per heavy atom. The molecule has 1 aliphatic rings. The Kier molecular flexibility index (Phi) is 4.79. The second-order valence-electron chi connectivity index (χ2n) is 5.18. The minimum atomic E-state index is -1.46. The van der Waals surface area contributed by atoms with Crippen molar-refractivity contribution in [3.8, 4) is 5.75 Å². The molecule has 1 heterocycles. The first-order valence-electron chi connectivity index (χ1n) is 6.83. The Balaban J connectivity index is 1.89. The monoisotopic (exact) mass is 314 g/mol. The van der Waals surface area contributed by atoms with Crippen LogP contribution in [0, 0.1) is 17.6 Å². The van der Waals surface area contributed by atoms with Gasteiger partial charge in [0, 0.05) is 19.6 Å². The van der Waals surface area contributed by atoms with Crippen molar-refractivity contribution in [1.29, 1.82) is 0 Å². The molecule has 1 aromatic rings. The van der Waals surface area contributed by atoms with E-state index in [0.29, 0.717) is 25.9 Å². The molecule has 2 rings (SSSR count). The van der Waals surface area contributed by atoms with Crippen LogP contribution in [0.25, 0.3) is 0 Å². The predicted octanol–water partition coefficient (Wildman–Crippen LogP) is 1.79. The van der Waals surface area contributed by atoms with Gasteiger partial charge in [0.2, 0.25) is 5.82 Å². The van der Waals surface area contributed by atoms with Crippen LogP contribution < -0.4 is 5.32 Å². The molecule has 120 valence electrons. The Bertz CT molecular complexity index is 586. The second-order valence-corrected chi connectivity index (χ2v) is 5.18. The first kappa shape index (κ1) is 16.0. The molecule has 0 radical (unpaired) electrons. The molecule has 0 aromatic heterocycles. The van der Waals surface area contributed by atoms with E-state index in [1.165, 1.54) is 4.90 Å². The van der Waals surface area contributed by atoms with Gasteiger partial charge in [-0.05, 0) is 30.9 Å². The maximum atomic E-state index is 13.6. The summed E-state index contributed by atoms with van der Waals surface area (Å²) in [7, 11) is 0. The molecule has 8 heteroatoms. The Hall–Kier alpha value is -2.38. The summed E-state index contributed by atoms with van der Waals surface area (Å²) in [6.07, 6.45) is 0.224. The van der Waals surface area contributed by atoms with Crippen molar-refractivity contribution in [2.24, 2.45) is 5.92 Å². The molecule has 6 nitrogen and oxygen atoms in total. The fourth-order valence-corrected chi connectivity index (χ4v) is 2.38. The number of hydrogen-bond acceptors (Lipinski definition) is 3. The largest absolute Gasteiger partial charge is 0.505 e. The summed E-state index contributed by atoms with van der Waals surface area (Å²) in [5.74, 6) is -4.38. The minimum Gasteiger partial charge on any atom is -0.505 e. The van der Waals surface area contributed by atoms with Crippen LogP contribution in [0.3, 0.4) is 0 Å². The van der Waals surface area contributed by atoms with E-state index >= 15 is 0 Å². The molecule has 1 fully saturated rings. The summed E-state index contributed by atoms with van der Waals surface area (Å²) < 4.78 is 26.7. The zero-order valence-electron chi connectivity index (χ0n) is 11.7. The Morgan fingerprint density at radius 2 is 1.86 bits per heavy atom. The van der Waals surface area contributed by atoms with Crippen LogP contribution in [0.1, 0.15) is 23.2 Å². The first-order chi connectivity index (χ1) is 10.4. The van der Waals surface area contributed by atoms with E-state index in [1.54, 1.807) is 0 Å². The van der Waals surface area contributed by atoms with Crippen molar-refractivity contribution in [3.05, 3.63) is 29.3 Å². The summed E-state index contributed by atoms with van der Waals surface area (Å²) in [5, 5.41) is 20.3. The number of likely N-dealkylation sites (tertiary alicyclic amines) is 1. The number of nitrogens with one attached hydrogen (secondary N) is 1. The number of nitrogens with zero attached hydrogens (tertiary/aromatic N) is 1. The summed E-state index contributed by atoms with van der Waals surface area (Å²) in [4.78, 5) is 23.9. The molecule has 0 unspecified atom stereocenters. The van der Waals surface area contributed by atoms with E-state index in [0.717, 1.165) is 12.1 Å². The zero-order chi connectivity index (χ0) is 16.3.